The van der Waals surface area contributed by atoms with Crippen molar-refractivity contribution in [2.45, 2.75) is 38.1 Å². The molecule has 122 valence electrons. The third-order valence-corrected chi connectivity index (χ3v) is 3.82. The van der Waals surface area contributed by atoms with Crippen LogP contribution in [0.25, 0.3) is 0 Å². The Labute approximate surface area is 130 Å². The van der Waals surface area contributed by atoms with Crippen LogP contribution in [0, 0.1) is 6.92 Å². The van der Waals surface area contributed by atoms with E-state index in [2.05, 4.69) is 5.32 Å². The Morgan fingerprint density at radius 3 is 2.32 bits per heavy atom. The fourth-order valence-electron chi connectivity index (χ4n) is 1.71. The summed E-state index contributed by atoms with van der Waals surface area (Å²) < 4.78 is 28.0. The zero-order valence-corrected chi connectivity index (χ0v) is 14.2. The minimum atomic E-state index is -3.42. The molecule has 0 aliphatic carbocycles. The maximum Gasteiger partial charge on any atom is 0.338 e. The Hall–Kier alpha value is -1.89. The second kappa shape index (κ2) is 6.48. The summed E-state index contributed by atoms with van der Waals surface area (Å²) >= 11 is 0. The van der Waals surface area contributed by atoms with Crippen molar-refractivity contribution in [2.75, 3.05) is 12.9 Å². The minimum Gasteiger partial charge on any atom is -0.452 e. The van der Waals surface area contributed by atoms with Crippen LogP contribution >= 0.6 is 0 Å². The van der Waals surface area contributed by atoms with E-state index in [1.807, 2.05) is 20.8 Å². The first-order valence-electron chi connectivity index (χ1n) is 6.69. The zero-order chi connectivity index (χ0) is 17.1. The van der Waals surface area contributed by atoms with Crippen LogP contribution in [0.5, 0.6) is 0 Å². The van der Waals surface area contributed by atoms with Gasteiger partial charge in [0.05, 0.1) is 10.5 Å². The summed E-state index contributed by atoms with van der Waals surface area (Å²) in [6.07, 6.45) is 1.06. The Balaban J connectivity index is 2.84. The number of carbonyl (C=O) groups excluding carboxylic acids is 2. The van der Waals surface area contributed by atoms with Crippen LogP contribution in [0.1, 0.15) is 36.7 Å². The molecule has 0 saturated heterocycles. The number of hydrogen-bond donors (Lipinski definition) is 1. The average molecular weight is 327 g/mol. The number of sulfone groups is 1. The fourth-order valence-corrected chi connectivity index (χ4v) is 2.36. The lowest BCUT2D eigenvalue weighted by atomic mass is 10.1. The van der Waals surface area contributed by atoms with Crippen LogP contribution in [0.4, 0.5) is 0 Å². The molecule has 22 heavy (non-hydrogen) atoms. The van der Waals surface area contributed by atoms with Gasteiger partial charge in [-0.15, -0.1) is 0 Å². The van der Waals surface area contributed by atoms with Gasteiger partial charge in [-0.3, -0.25) is 4.79 Å². The van der Waals surface area contributed by atoms with Crippen molar-refractivity contribution >= 4 is 21.7 Å². The number of amides is 1. The molecule has 0 unspecified atom stereocenters. The molecule has 0 aromatic heterocycles. The number of benzene rings is 1. The van der Waals surface area contributed by atoms with Crippen molar-refractivity contribution in [3.63, 3.8) is 0 Å². The lowest BCUT2D eigenvalue weighted by molar-refractivity contribution is -0.125. The zero-order valence-electron chi connectivity index (χ0n) is 13.4. The maximum atomic E-state index is 12.0. The van der Waals surface area contributed by atoms with E-state index in [9.17, 15) is 18.0 Å². The van der Waals surface area contributed by atoms with Crippen molar-refractivity contribution < 1.29 is 22.7 Å². The number of nitrogens with one attached hydrogen (secondary N) is 1. The lowest BCUT2D eigenvalue weighted by Crippen LogP contribution is -2.42. The number of carbonyl (C=O) groups is 2. The molecule has 0 spiro atoms. The van der Waals surface area contributed by atoms with Gasteiger partial charge < -0.3 is 10.1 Å². The van der Waals surface area contributed by atoms with Crippen molar-refractivity contribution in [3.05, 3.63) is 29.3 Å². The van der Waals surface area contributed by atoms with E-state index >= 15 is 0 Å². The molecule has 0 aliphatic heterocycles. The minimum absolute atomic E-state index is 0.0317. The third kappa shape index (κ3) is 5.48. The first-order valence-corrected chi connectivity index (χ1v) is 8.58. The predicted octanol–water partition coefficient (Wildman–Crippen LogP) is 1.47. The predicted molar refractivity (Wildman–Crippen MR) is 82.5 cm³/mol. The van der Waals surface area contributed by atoms with Gasteiger partial charge >= 0.3 is 5.97 Å². The molecule has 0 radical (unpaired) electrons. The molecule has 6 nitrogen and oxygen atoms in total. The highest BCUT2D eigenvalue weighted by atomic mass is 32.2. The Morgan fingerprint density at radius 1 is 1.23 bits per heavy atom. The van der Waals surface area contributed by atoms with Gasteiger partial charge in [-0.2, -0.15) is 0 Å². The molecular weight excluding hydrogens is 306 g/mol. The molecule has 0 aliphatic rings. The summed E-state index contributed by atoms with van der Waals surface area (Å²) in [5.41, 5.74) is 0.287. The Kier molecular flexibility index (Phi) is 5.35. The molecule has 0 bridgehead atoms. The van der Waals surface area contributed by atoms with Crippen molar-refractivity contribution in [1.29, 1.82) is 0 Å². The summed E-state index contributed by atoms with van der Waals surface area (Å²) in [5, 5.41) is 2.66. The molecule has 1 rings (SSSR count). The van der Waals surface area contributed by atoms with E-state index in [0.29, 0.717) is 5.56 Å². The molecule has 0 heterocycles. The van der Waals surface area contributed by atoms with Crippen LogP contribution in [0.3, 0.4) is 0 Å². The number of hydrogen-bond acceptors (Lipinski definition) is 5. The fraction of sp³-hybridized carbons (Fsp3) is 0.467. The van der Waals surface area contributed by atoms with E-state index in [0.717, 1.165) is 6.26 Å². The van der Waals surface area contributed by atoms with Gasteiger partial charge in [0, 0.05) is 11.8 Å². The smallest absolute Gasteiger partial charge is 0.338 e. The summed E-state index contributed by atoms with van der Waals surface area (Å²) in [6, 6.07) is 4.21. The molecule has 1 aromatic rings. The topological polar surface area (TPSA) is 89.5 Å². The van der Waals surface area contributed by atoms with Crippen molar-refractivity contribution in [3.8, 4) is 0 Å². The van der Waals surface area contributed by atoms with Crippen LogP contribution in [0.15, 0.2) is 23.1 Å². The first-order chi connectivity index (χ1) is 9.90. The molecule has 1 amide bonds. The third-order valence-electron chi connectivity index (χ3n) is 2.71. The largest absolute Gasteiger partial charge is 0.452 e. The van der Waals surface area contributed by atoms with E-state index in [-0.39, 0.29) is 10.5 Å². The summed E-state index contributed by atoms with van der Waals surface area (Å²) in [7, 11) is -3.42. The molecule has 1 aromatic carbocycles. The van der Waals surface area contributed by atoms with Crippen LogP contribution < -0.4 is 5.32 Å². The highest BCUT2D eigenvalue weighted by Crippen LogP contribution is 2.16. The van der Waals surface area contributed by atoms with E-state index in [1.54, 1.807) is 6.92 Å². The van der Waals surface area contributed by atoms with Crippen LogP contribution in [-0.2, 0) is 19.4 Å². The molecule has 7 heteroatoms. The monoisotopic (exact) mass is 327 g/mol. The molecular formula is C15H21NO5S. The van der Waals surface area contributed by atoms with Gasteiger partial charge in [0.25, 0.3) is 5.91 Å². The summed E-state index contributed by atoms with van der Waals surface area (Å²) in [4.78, 5) is 23.7. The SMILES string of the molecule is Cc1ccc(S(C)(=O)=O)cc1C(=O)OCC(=O)NC(C)(C)C. The number of ether oxygens (including phenoxy) is 1. The summed E-state index contributed by atoms with van der Waals surface area (Å²) in [5.74, 6) is -1.15. The van der Waals surface area contributed by atoms with E-state index < -0.39 is 33.9 Å². The Bertz CT molecular complexity index is 686. The Morgan fingerprint density at radius 2 is 1.82 bits per heavy atom. The second-order valence-corrected chi connectivity index (χ2v) is 8.14. The van der Waals surface area contributed by atoms with Gasteiger partial charge in [-0.05, 0) is 45.4 Å². The van der Waals surface area contributed by atoms with E-state index in [4.69, 9.17) is 4.74 Å². The number of esters is 1. The van der Waals surface area contributed by atoms with Crippen molar-refractivity contribution in [1.82, 2.24) is 5.32 Å². The maximum absolute atomic E-state index is 12.0. The molecule has 1 N–H and O–H groups in total. The van der Waals surface area contributed by atoms with Crippen molar-refractivity contribution in [2.24, 2.45) is 0 Å². The summed E-state index contributed by atoms with van der Waals surface area (Å²) in [6.45, 7) is 6.68. The van der Waals surface area contributed by atoms with Gasteiger partial charge in [-0.1, -0.05) is 6.07 Å². The quantitative estimate of drug-likeness (QED) is 0.846. The van der Waals surface area contributed by atoms with Gasteiger partial charge in [-0.25, -0.2) is 13.2 Å². The van der Waals surface area contributed by atoms with E-state index in [1.165, 1.54) is 18.2 Å². The molecule has 0 atom stereocenters. The van der Waals surface area contributed by atoms with Gasteiger partial charge in [0.2, 0.25) is 0 Å². The first kappa shape index (κ1) is 18.2. The number of aryl methyl sites for hydroxylation is 1. The lowest BCUT2D eigenvalue weighted by Gasteiger charge is -2.20. The van der Waals surface area contributed by atoms with Gasteiger partial charge in [0.1, 0.15) is 0 Å². The van der Waals surface area contributed by atoms with Crippen LogP contribution in [-0.4, -0.2) is 38.7 Å². The molecule has 0 saturated carbocycles. The average Bonchev–Trinajstić information content (AvgIpc) is 2.33. The second-order valence-electron chi connectivity index (χ2n) is 6.12. The highest BCUT2D eigenvalue weighted by molar-refractivity contribution is 7.90. The standard InChI is InChI=1S/C15H21NO5S/c1-10-6-7-11(22(5,19)20)8-12(10)14(18)21-9-13(17)16-15(2,3)4/h6-8H,9H2,1-5H3,(H,16,17). The molecule has 0 fully saturated rings. The van der Waals surface area contributed by atoms with Crippen LogP contribution in [0.2, 0.25) is 0 Å². The van der Waals surface area contributed by atoms with Gasteiger partial charge in [0.15, 0.2) is 16.4 Å². The highest BCUT2D eigenvalue weighted by Gasteiger charge is 2.18. The number of rotatable bonds is 4. The normalized spacial score (nSPS) is 11.9.